The molecule has 4 aromatic carbocycles. The van der Waals surface area contributed by atoms with Crippen LogP contribution in [0.25, 0.3) is 0 Å². The number of hydrogen-bond acceptors (Lipinski definition) is 16. The monoisotopic (exact) mass is 822 g/mol. The van der Waals surface area contributed by atoms with Gasteiger partial charge in [0.1, 0.15) is 40.8 Å². The fourth-order valence-corrected chi connectivity index (χ4v) is 6.27. The van der Waals surface area contributed by atoms with Crippen molar-refractivity contribution in [3.8, 4) is 34.5 Å². The number of ether oxygens (including phenoxy) is 10. The number of aryl methyl sites for hydroxylation is 2. The topological polar surface area (TPSA) is 195 Å². The van der Waals surface area contributed by atoms with Crippen LogP contribution in [0.15, 0.2) is 98.1 Å². The van der Waals surface area contributed by atoms with Gasteiger partial charge in [-0.15, -0.1) is 0 Å². The van der Waals surface area contributed by atoms with Crippen molar-refractivity contribution >= 4 is 35.8 Å². The van der Waals surface area contributed by atoms with Crippen LogP contribution in [0, 0.1) is 13.8 Å². The number of benzene rings is 4. The number of methoxy groups -OCH3 is 2. The summed E-state index contributed by atoms with van der Waals surface area (Å²) < 4.78 is 55.0. The Balaban J connectivity index is 1.02. The molecule has 16 nitrogen and oxygen atoms in total. The Bertz CT molecular complexity index is 2380. The first-order valence-electron chi connectivity index (χ1n) is 18.2. The number of rotatable bonds is 14. The van der Waals surface area contributed by atoms with Gasteiger partial charge in [0, 0.05) is 18.2 Å². The molecule has 0 radical (unpaired) electrons. The van der Waals surface area contributed by atoms with Crippen LogP contribution in [0.3, 0.4) is 0 Å². The molecule has 0 unspecified atom stereocenters. The van der Waals surface area contributed by atoms with Crippen molar-refractivity contribution in [3.05, 3.63) is 131 Å². The van der Waals surface area contributed by atoms with Crippen LogP contribution in [-0.4, -0.2) is 87.7 Å². The van der Waals surface area contributed by atoms with Crippen LogP contribution >= 0.6 is 0 Å². The summed E-state index contributed by atoms with van der Waals surface area (Å²) in [6, 6.07) is 17.1. The summed E-state index contributed by atoms with van der Waals surface area (Å²) >= 11 is 0. The first-order valence-corrected chi connectivity index (χ1v) is 18.2. The molecule has 2 aliphatic heterocycles. The fourth-order valence-electron chi connectivity index (χ4n) is 6.27. The molecule has 0 N–H and O–H groups in total. The normalized spacial score (nSPS) is 17.6. The zero-order chi connectivity index (χ0) is 43.1. The minimum absolute atomic E-state index is 0.00851. The van der Waals surface area contributed by atoms with Gasteiger partial charge in [-0.3, -0.25) is 0 Å². The molecular formula is C44H38O16. The van der Waals surface area contributed by atoms with Crippen molar-refractivity contribution in [2.45, 2.75) is 38.3 Å². The van der Waals surface area contributed by atoms with E-state index >= 15 is 0 Å². The highest BCUT2D eigenvalue weighted by Gasteiger charge is 2.51. The Kier molecular flexibility index (Phi) is 13.1. The average Bonchev–Trinajstić information content (AvgIpc) is 3.83. The summed E-state index contributed by atoms with van der Waals surface area (Å²) in [5, 5.41) is 0. The minimum Gasteiger partial charge on any atom is -0.496 e. The van der Waals surface area contributed by atoms with E-state index < -0.39 is 60.2 Å². The molecule has 6 rings (SSSR count). The maximum Gasteiger partial charge on any atom is 0.347 e. The third-order valence-electron chi connectivity index (χ3n) is 9.28. The van der Waals surface area contributed by atoms with Gasteiger partial charge in [-0.2, -0.15) is 0 Å². The van der Waals surface area contributed by atoms with E-state index in [9.17, 15) is 28.8 Å². The van der Waals surface area contributed by atoms with Crippen molar-refractivity contribution in [3.63, 3.8) is 0 Å². The van der Waals surface area contributed by atoms with E-state index in [0.29, 0.717) is 11.1 Å². The van der Waals surface area contributed by atoms with Gasteiger partial charge in [-0.1, -0.05) is 13.2 Å². The maximum atomic E-state index is 13.3. The second kappa shape index (κ2) is 18.5. The van der Waals surface area contributed by atoms with Crippen molar-refractivity contribution in [2.75, 3.05) is 27.4 Å². The Labute approximate surface area is 343 Å². The van der Waals surface area contributed by atoms with Gasteiger partial charge < -0.3 is 47.4 Å². The smallest absolute Gasteiger partial charge is 0.347 e. The second-order valence-corrected chi connectivity index (χ2v) is 13.2. The molecule has 4 aromatic rings. The number of carbonyl (C=O) groups excluding carboxylic acids is 6. The lowest BCUT2D eigenvalue weighted by Gasteiger charge is -2.18. The average molecular weight is 823 g/mol. The molecule has 0 spiro atoms. The van der Waals surface area contributed by atoms with E-state index in [-0.39, 0.29) is 70.0 Å². The van der Waals surface area contributed by atoms with Crippen molar-refractivity contribution in [1.82, 2.24) is 0 Å². The predicted molar refractivity (Wildman–Crippen MR) is 208 cm³/mol. The Morgan fingerprint density at radius 3 is 1.70 bits per heavy atom. The Hall–Kier alpha value is -7.30. The summed E-state index contributed by atoms with van der Waals surface area (Å²) in [6.45, 7) is 9.97. The van der Waals surface area contributed by atoms with Crippen LogP contribution in [0.4, 0.5) is 0 Å². The highest BCUT2D eigenvalue weighted by molar-refractivity contribution is 5.96. The third-order valence-corrected chi connectivity index (χ3v) is 9.28. The van der Waals surface area contributed by atoms with E-state index in [4.69, 9.17) is 47.4 Å². The largest absolute Gasteiger partial charge is 0.496 e. The molecule has 2 saturated heterocycles. The van der Waals surface area contributed by atoms with Gasteiger partial charge in [-0.05, 0) is 91.7 Å². The number of fused-ring (bicyclic) bond motifs is 1. The third kappa shape index (κ3) is 9.52. The lowest BCUT2D eigenvalue weighted by molar-refractivity contribution is -0.129. The van der Waals surface area contributed by atoms with Crippen LogP contribution in [0.1, 0.15) is 52.6 Å². The molecule has 2 fully saturated rings. The number of carbonyl (C=O) groups is 6. The van der Waals surface area contributed by atoms with Gasteiger partial charge in [0.05, 0.1) is 44.1 Å². The van der Waals surface area contributed by atoms with Crippen LogP contribution in [0.2, 0.25) is 0 Å². The van der Waals surface area contributed by atoms with Crippen molar-refractivity contribution < 1.29 is 76.1 Å². The Morgan fingerprint density at radius 1 is 0.533 bits per heavy atom. The van der Waals surface area contributed by atoms with Gasteiger partial charge in [-0.25, -0.2) is 28.8 Å². The van der Waals surface area contributed by atoms with Gasteiger partial charge in [0.25, 0.3) is 0 Å². The summed E-state index contributed by atoms with van der Waals surface area (Å²) in [6.07, 6.45) is -1.04. The van der Waals surface area contributed by atoms with Gasteiger partial charge >= 0.3 is 35.8 Å². The van der Waals surface area contributed by atoms with Crippen molar-refractivity contribution in [1.29, 1.82) is 0 Å². The zero-order valence-corrected chi connectivity index (χ0v) is 32.8. The van der Waals surface area contributed by atoms with Crippen molar-refractivity contribution in [2.24, 2.45) is 0 Å². The molecule has 16 heteroatoms. The SMILES string of the molecule is C=CC(=O)Oc1ccc(C(=O)Oc2ccc(C(=O)O[C@H]3CO[C@H]4[C@@H]3OC[C@H]4OC(=O)c3ccc(OC(=O)c4ccc(OC(=O)C=C)c(OC)c4)c(C)c3)c(C)c2)c(OC)c1. The van der Waals surface area contributed by atoms with E-state index in [1.807, 2.05) is 0 Å². The van der Waals surface area contributed by atoms with Crippen LogP contribution in [-0.2, 0) is 28.5 Å². The molecule has 310 valence electrons. The lowest BCUT2D eigenvalue weighted by Crippen LogP contribution is -2.36. The first kappa shape index (κ1) is 42.3. The molecule has 0 amide bonds. The molecule has 60 heavy (non-hydrogen) atoms. The summed E-state index contributed by atoms with van der Waals surface area (Å²) in [5.41, 5.74) is 1.50. The molecule has 2 aliphatic rings. The van der Waals surface area contributed by atoms with E-state index in [1.54, 1.807) is 13.8 Å². The standard InChI is InChI=1S/C44H38O16/c1-7-37(45)55-28-12-14-30(33(20-28)51-5)44(50)56-27-11-13-29(23(3)18-27)43(49)60-36-22-54-39-35(21-53-40(36)39)59-41(47)25-9-15-31(24(4)17-25)58-42(48)26-10-16-32(34(19-26)52-6)57-38(46)8-2/h7-20,35-36,39-40H,1-2,21-22H2,3-6H3/t35-,36+,39-,40-/m1/s1. The second-order valence-electron chi connectivity index (χ2n) is 13.2. The highest BCUT2D eigenvalue weighted by atomic mass is 16.7. The fraction of sp³-hybridized carbons (Fsp3) is 0.227. The van der Waals surface area contributed by atoms with Gasteiger partial charge in [0.15, 0.2) is 23.7 Å². The number of esters is 6. The summed E-state index contributed by atoms with van der Waals surface area (Å²) in [5.74, 6) is -3.38. The van der Waals surface area contributed by atoms with Crippen LogP contribution in [0.5, 0.6) is 34.5 Å². The molecular weight excluding hydrogens is 784 g/mol. The lowest BCUT2D eigenvalue weighted by atomic mass is 10.1. The van der Waals surface area contributed by atoms with Crippen LogP contribution < -0.4 is 28.4 Å². The van der Waals surface area contributed by atoms with Gasteiger partial charge in [0.2, 0.25) is 0 Å². The van der Waals surface area contributed by atoms with E-state index in [0.717, 1.165) is 12.2 Å². The van der Waals surface area contributed by atoms with E-state index in [2.05, 4.69) is 13.2 Å². The quantitative estimate of drug-likeness (QED) is 0.0879. The molecule has 2 heterocycles. The molecule has 0 saturated carbocycles. The molecule has 4 atom stereocenters. The first-order chi connectivity index (χ1) is 28.8. The Morgan fingerprint density at radius 2 is 1.10 bits per heavy atom. The summed E-state index contributed by atoms with van der Waals surface area (Å²) in [7, 11) is 2.70. The highest BCUT2D eigenvalue weighted by Crippen LogP contribution is 2.34. The molecule has 0 bridgehead atoms. The summed E-state index contributed by atoms with van der Waals surface area (Å²) in [4.78, 5) is 75.5. The minimum atomic E-state index is -0.807. The number of hydrogen-bond donors (Lipinski definition) is 0. The molecule has 0 aliphatic carbocycles. The maximum absolute atomic E-state index is 13.3. The van der Waals surface area contributed by atoms with E-state index in [1.165, 1.54) is 87.0 Å². The molecule has 0 aromatic heterocycles. The predicted octanol–water partition coefficient (Wildman–Crippen LogP) is 5.49. The zero-order valence-electron chi connectivity index (χ0n) is 32.8.